The molecule has 0 aromatic carbocycles. The van der Waals surface area contributed by atoms with E-state index in [-0.39, 0.29) is 11.5 Å². The molecule has 4 aromatic rings. The quantitative estimate of drug-likeness (QED) is 0.440. The smallest absolute Gasteiger partial charge is 0.211 e. The van der Waals surface area contributed by atoms with Crippen LogP contribution in [0.1, 0.15) is 35.7 Å². The number of aromatic nitrogens is 5. The number of fused-ring (bicyclic) bond motifs is 2. The number of halogens is 1. The molecular weight excluding hydrogens is 468 g/mol. The van der Waals surface area contributed by atoms with E-state index in [4.69, 9.17) is 28.1 Å². The summed E-state index contributed by atoms with van der Waals surface area (Å²) in [6.07, 6.45) is 12.2. The molecule has 0 bridgehead atoms. The summed E-state index contributed by atoms with van der Waals surface area (Å²) in [4.78, 5) is 22.2. The van der Waals surface area contributed by atoms with Gasteiger partial charge in [-0.25, -0.2) is 15.0 Å². The van der Waals surface area contributed by atoms with Crippen LogP contribution in [0.5, 0.6) is 0 Å². The maximum absolute atomic E-state index is 6.78. The van der Waals surface area contributed by atoms with E-state index >= 15 is 0 Å². The van der Waals surface area contributed by atoms with Gasteiger partial charge < -0.3 is 16.4 Å². The highest BCUT2D eigenvalue weighted by molar-refractivity contribution is 7.99. The van der Waals surface area contributed by atoms with Gasteiger partial charge in [-0.3, -0.25) is 9.38 Å². The largest absolute Gasteiger partial charge is 0.382 e. The van der Waals surface area contributed by atoms with Crippen molar-refractivity contribution in [2.75, 3.05) is 23.7 Å². The first-order chi connectivity index (χ1) is 16.4. The van der Waals surface area contributed by atoms with Crippen molar-refractivity contribution < 1.29 is 0 Å². The molecule has 1 aliphatic carbocycles. The molecule has 1 aliphatic heterocycles. The maximum Gasteiger partial charge on any atom is 0.211 e. The SMILES string of the molecule is Cc1cnc2c(c1)[C@@H](N)C1(CCN(c3ncc(Sc4ccnc(N)c4Cl)c4nccn34)CC1)C2. The number of nitrogens with zero attached hydrogens (tertiary/aromatic N) is 6. The minimum atomic E-state index is 0.0367. The summed E-state index contributed by atoms with van der Waals surface area (Å²) >= 11 is 7.84. The molecule has 174 valence electrons. The van der Waals surface area contributed by atoms with Gasteiger partial charge in [-0.05, 0) is 48.8 Å². The number of hydrogen-bond donors (Lipinski definition) is 2. The number of nitrogens with two attached hydrogens (primary N) is 2. The Morgan fingerprint density at radius 1 is 1.09 bits per heavy atom. The van der Waals surface area contributed by atoms with Gasteiger partial charge in [-0.1, -0.05) is 29.4 Å². The van der Waals surface area contributed by atoms with Crippen molar-refractivity contribution in [3.63, 3.8) is 0 Å². The Kier molecular flexibility index (Phi) is 5.16. The minimum Gasteiger partial charge on any atom is -0.382 e. The van der Waals surface area contributed by atoms with Crippen LogP contribution in [0.25, 0.3) is 5.65 Å². The van der Waals surface area contributed by atoms with Gasteiger partial charge in [0.2, 0.25) is 5.95 Å². The second kappa shape index (κ2) is 8.11. The fourth-order valence-electron chi connectivity index (χ4n) is 5.28. The first kappa shape index (κ1) is 21.6. The second-order valence-corrected chi connectivity index (χ2v) is 10.7. The zero-order valence-electron chi connectivity index (χ0n) is 18.8. The molecule has 4 N–H and O–H groups in total. The van der Waals surface area contributed by atoms with Gasteiger partial charge in [0, 0.05) is 60.7 Å². The van der Waals surface area contributed by atoms with E-state index in [1.807, 2.05) is 29.1 Å². The molecule has 1 spiro atoms. The highest BCUT2D eigenvalue weighted by Crippen LogP contribution is 2.50. The van der Waals surface area contributed by atoms with Crippen molar-refractivity contribution in [1.29, 1.82) is 0 Å². The molecule has 34 heavy (non-hydrogen) atoms. The van der Waals surface area contributed by atoms with E-state index in [1.165, 1.54) is 28.6 Å². The fraction of sp³-hybridized carbons (Fsp3) is 0.333. The van der Waals surface area contributed by atoms with Crippen LogP contribution in [-0.4, -0.2) is 37.4 Å². The number of hydrogen-bond acceptors (Lipinski definition) is 8. The van der Waals surface area contributed by atoms with E-state index in [2.05, 4.69) is 32.8 Å². The average molecular weight is 493 g/mol. The van der Waals surface area contributed by atoms with Gasteiger partial charge in [0.25, 0.3) is 0 Å². The Morgan fingerprint density at radius 2 is 1.91 bits per heavy atom. The lowest BCUT2D eigenvalue weighted by Gasteiger charge is -2.42. The Balaban J connectivity index is 1.25. The maximum atomic E-state index is 6.78. The summed E-state index contributed by atoms with van der Waals surface area (Å²) in [5.74, 6) is 1.21. The Labute approximate surface area is 206 Å². The van der Waals surface area contributed by atoms with Crippen molar-refractivity contribution in [2.45, 2.75) is 42.0 Å². The zero-order chi connectivity index (χ0) is 23.4. The van der Waals surface area contributed by atoms with E-state index < -0.39 is 0 Å². The van der Waals surface area contributed by atoms with Crippen LogP contribution in [0.4, 0.5) is 11.8 Å². The molecule has 8 nitrogen and oxygen atoms in total. The molecular formula is C24H25ClN8S. The molecule has 1 saturated heterocycles. The minimum absolute atomic E-state index is 0.0367. The lowest BCUT2D eigenvalue weighted by Crippen LogP contribution is -2.45. The topological polar surface area (TPSA) is 111 Å². The lowest BCUT2D eigenvalue weighted by molar-refractivity contribution is 0.186. The van der Waals surface area contributed by atoms with Crippen LogP contribution in [0.15, 0.2) is 52.9 Å². The van der Waals surface area contributed by atoms with Crippen molar-refractivity contribution >= 4 is 40.8 Å². The van der Waals surface area contributed by atoms with Gasteiger partial charge in [-0.15, -0.1) is 0 Å². The van der Waals surface area contributed by atoms with E-state index in [0.29, 0.717) is 10.8 Å². The Morgan fingerprint density at radius 3 is 2.74 bits per heavy atom. The molecule has 0 amide bonds. The number of nitrogen functional groups attached to an aromatic ring is 1. The molecule has 0 radical (unpaired) electrons. The predicted molar refractivity (Wildman–Crippen MR) is 134 cm³/mol. The number of anilines is 2. The van der Waals surface area contributed by atoms with Crippen molar-refractivity contribution in [3.05, 3.63) is 65.0 Å². The van der Waals surface area contributed by atoms with Gasteiger partial charge in [0.15, 0.2) is 5.65 Å². The van der Waals surface area contributed by atoms with Crippen LogP contribution < -0.4 is 16.4 Å². The van der Waals surface area contributed by atoms with Crippen molar-refractivity contribution in [3.8, 4) is 0 Å². The van der Waals surface area contributed by atoms with E-state index in [9.17, 15) is 0 Å². The lowest BCUT2D eigenvalue weighted by atomic mass is 9.73. The third-order valence-corrected chi connectivity index (χ3v) is 8.75. The van der Waals surface area contributed by atoms with Crippen LogP contribution in [-0.2, 0) is 6.42 Å². The van der Waals surface area contributed by atoms with Crippen LogP contribution in [0.3, 0.4) is 0 Å². The molecule has 4 aromatic heterocycles. The summed E-state index contributed by atoms with van der Waals surface area (Å²) in [6.45, 7) is 3.86. The number of imidazole rings is 1. The molecule has 6 rings (SSSR count). The van der Waals surface area contributed by atoms with Crippen LogP contribution in [0, 0.1) is 12.3 Å². The van der Waals surface area contributed by atoms with Crippen LogP contribution >= 0.6 is 23.4 Å². The number of rotatable bonds is 3. The highest BCUT2D eigenvalue weighted by atomic mass is 35.5. The molecule has 0 saturated carbocycles. The first-order valence-corrected chi connectivity index (χ1v) is 12.5. The van der Waals surface area contributed by atoms with E-state index in [0.717, 1.165) is 53.7 Å². The summed E-state index contributed by atoms with van der Waals surface area (Å²) in [5.41, 5.74) is 17.1. The summed E-state index contributed by atoms with van der Waals surface area (Å²) in [5, 5.41) is 0.446. The monoisotopic (exact) mass is 492 g/mol. The summed E-state index contributed by atoms with van der Waals surface area (Å²) < 4.78 is 2.05. The van der Waals surface area contributed by atoms with Gasteiger partial charge in [-0.2, -0.15) is 0 Å². The molecule has 0 unspecified atom stereocenters. The number of piperidine rings is 1. The van der Waals surface area contributed by atoms with Gasteiger partial charge >= 0.3 is 0 Å². The molecule has 1 atom stereocenters. The molecule has 10 heteroatoms. The van der Waals surface area contributed by atoms with Gasteiger partial charge in [0.1, 0.15) is 5.82 Å². The second-order valence-electron chi connectivity index (χ2n) is 9.21. The van der Waals surface area contributed by atoms with Crippen molar-refractivity contribution in [2.24, 2.45) is 11.1 Å². The third kappa shape index (κ3) is 3.41. The molecule has 1 fully saturated rings. The third-order valence-electron chi connectivity index (χ3n) is 7.17. The standard InChI is InChI=1S/C24H25ClN8S/c1-14-10-15-16(30-12-14)11-24(20(15)26)3-7-32(8-4-24)23-31-13-18(22-29-6-9-33(22)23)34-17-2-5-28-21(27)19(17)25/h2,5-6,9-10,12-13,20H,3-4,7-8,11,26H2,1H3,(H2,27,28)/t20-/m1/s1. The predicted octanol–water partition coefficient (Wildman–Crippen LogP) is 4.06. The number of aryl methyl sites for hydroxylation is 1. The zero-order valence-corrected chi connectivity index (χ0v) is 20.4. The van der Waals surface area contributed by atoms with E-state index in [1.54, 1.807) is 12.4 Å². The van der Waals surface area contributed by atoms with Crippen LogP contribution in [0.2, 0.25) is 5.02 Å². The molecule has 5 heterocycles. The highest BCUT2D eigenvalue weighted by Gasteiger charge is 2.47. The summed E-state index contributed by atoms with van der Waals surface area (Å²) in [7, 11) is 0. The Bertz CT molecular complexity index is 1400. The summed E-state index contributed by atoms with van der Waals surface area (Å²) in [6, 6.07) is 4.10. The number of pyridine rings is 2. The van der Waals surface area contributed by atoms with Crippen molar-refractivity contribution in [1.82, 2.24) is 24.3 Å². The first-order valence-electron chi connectivity index (χ1n) is 11.3. The normalized spacial score (nSPS) is 19.1. The average Bonchev–Trinajstić information content (AvgIpc) is 3.43. The molecule has 2 aliphatic rings. The van der Waals surface area contributed by atoms with Gasteiger partial charge in [0.05, 0.1) is 9.92 Å². The fourth-order valence-corrected chi connectivity index (χ4v) is 6.41. The Hall–Kier alpha value is -2.88.